The fraction of sp³-hybridized carbons (Fsp3) is 0.500. The second-order valence-corrected chi connectivity index (χ2v) is 14.2. The first-order valence-corrected chi connectivity index (χ1v) is 19.8. The molecule has 0 aromatic carbocycles. The van der Waals surface area contributed by atoms with Gasteiger partial charge in [0, 0.05) is 107 Å². The van der Waals surface area contributed by atoms with Gasteiger partial charge >= 0.3 is 17.7 Å². The summed E-state index contributed by atoms with van der Waals surface area (Å²) in [5, 5.41) is 0.0504. The molecule has 21 heteroatoms. The minimum absolute atomic E-state index is 0.0213. The average Bonchev–Trinajstić information content (AvgIpc) is 0.702. The van der Waals surface area contributed by atoms with Crippen LogP contribution < -0.4 is 14.7 Å². The minimum Gasteiger partial charge on any atom is -0.354 e. The molecule has 0 bridgehead atoms. The third-order valence-electron chi connectivity index (χ3n) is 9.73. The third kappa shape index (κ3) is 11.0. The second kappa shape index (κ2) is 22.3. The van der Waals surface area contributed by atoms with Crippen molar-refractivity contribution in [3.8, 4) is 0 Å². The zero-order valence-corrected chi connectivity index (χ0v) is 36.1. The zero-order valence-electron chi connectivity index (χ0n) is 69.1. The van der Waals surface area contributed by atoms with E-state index in [1.807, 2.05) is 0 Å². The van der Waals surface area contributed by atoms with Crippen LogP contribution in [0.3, 0.4) is 0 Å². The summed E-state index contributed by atoms with van der Waals surface area (Å²) in [5.41, 5.74) is 0.0553. The highest BCUT2D eigenvalue weighted by atomic mass is 16.2. The SMILES string of the molecule is [2H]c1nc(N(C([2H])([2H])[2H])[C@@]2([2H])C([2H])([2H])N(C(=O)C[N+]#[C-])C([2H])([2H])C[C@@]2([2H])C([2H])([2H])[2H])c2cc[nH]c2n1.[2H]c1nc(N(C([2H])([2H])[2H])[C@@]2([2H])C([2H])([2H])N(C(=O)C[N+]#[C-])C([2H])([2H])C[C@@]2([2H])C)c2cc[nH]c2n1.[2H]c1nc(N(C)[C@@]2([2H])C([2H])([2H])N(C(=O)C[N+]#[C-])C([2H])([2H])C[C@@]2([2H])C([2H])([2H])[2H])c2cc[nH]c2n1. The number of rotatable bonds is 9. The van der Waals surface area contributed by atoms with Crippen LogP contribution in [0.5, 0.6) is 0 Å². The number of aromatic amines is 3. The van der Waals surface area contributed by atoms with Gasteiger partial charge in [0.1, 0.15) is 57.4 Å². The molecule has 21 nitrogen and oxygen atoms in total. The van der Waals surface area contributed by atoms with Gasteiger partial charge in [0.15, 0.2) is 0 Å². The standard InChI is InChI=1S/3C16H20N6O/c3*1-11-5-7-22(14(23)8-17-2)9-13(11)21(3)16-12-4-6-18-15(12)19-10-20-16/h3*4,6,10-11,13H,5,7-9H2,1,3H3,(H,18,19,20)/t3*11-,13+/m111/s1/i1D3,3D3,7D2,9D2,10D,11D,13D;3D3,7D2,9D2,10D,11D,13D;1D3,7D2,9D2,10D,11D,13D. The van der Waals surface area contributed by atoms with E-state index in [-0.39, 0.29) is 63.4 Å². The summed E-state index contributed by atoms with van der Waals surface area (Å²) < 4.78 is 275. The predicted molar refractivity (Wildman–Crippen MR) is 264 cm³/mol. The second-order valence-electron chi connectivity index (χ2n) is 14.2. The molecule has 3 fully saturated rings. The van der Waals surface area contributed by atoms with E-state index in [1.165, 1.54) is 36.8 Å². The van der Waals surface area contributed by atoms with Crippen molar-refractivity contribution in [3.05, 3.63) is 90.0 Å². The van der Waals surface area contributed by atoms with Gasteiger partial charge in [0.25, 0.3) is 19.6 Å². The molecule has 9 heterocycles. The molecule has 6 atom stereocenters. The summed E-state index contributed by atoms with van der Waals surface area (Å²) in [4.78, 5) is 78.2. The number of hydrogen-bond acceptors (Lipinski definition) is 12. The molecule has 0 saturated carbocycles. The molecular weight excluding hydrogens is 877 g/mol. The van der Waals surface area contributed by atoms with Crippen LogP contribution in [0.1, 0.15) is 85.1 Å². The number of likely N-dealkylation sites (N-methyl/N-ethyl adjacent to an activating group) is 3. The number of aromatic nitrogens is 9. The highest BCUT2D eigenvalue weighted by Crippen LogP contribution is 2.31. The van der Waals surface area contributed by atoms with E-state index in [9.17, 15) is 15.8 Å². The van der Waals surface area contributed by atoms with Crippen LogP contribution in [0.15, 0.2) is 55.7 Å². The van der Waals surface area contributed by atoms with Gasteiger partial charge in [-0.05, 0) is 55.1 Å². The molecule has 0 spiro atoms. The Hall–Kier alpha value is -7.86. The van der Waals surface area contributed by atoms with Gasteiger partial charge in [0.2, 0.25) is 0 Å². The quantitative estimate of drug-likeness (QED) is 0.169. The summed E-state index contributed by atoms with van der Waals surface area (Å²) >= 11 is 0. The van der Waals surface area contributed by atoms with Gasteiger partial charge in [-0.15, -0.1) is 0 Å². The molecule has 3 aliphatic rings. The van der Waals surface area contributed by atoms with Crippen molar-refractivity contribution in [2.24, 2.45) is 17.7 Å². The molecular formula is C48H60N18O3. The van der Waals surface area contributed by atoms with Crippen LogP contribution in [0.2, 0.25) is 0 Å². The van der Waals surface area contributed by atoms with E-state index in [4.69, 9.17) is 63.6 Å². The van der Waals surface area contributed by atoms with E-state index < -0.39 is 190 Å². The van der Waals surface area contributed by atoms with Crippen molar-refractivity contribution >= 4 is 68.3 Å². The Morgan fingerprint density at radius 2 is 0.957 bits per heavy atom. The highest BCUT2D eigenvalue weighted by molar-refractivity contribution is 5.89. The van der Waals surface area contributed by atoms with Crippen LogP contribution in [0.4, 0.5) is 17.5 Å². The monoisotopic (exact) mass is 970 g/mol. The van der Waals surface area contributed by atoms with Gasteiger partial charge in [-0.1, -0.05) is 20.6 Å². The fourth-order valence-electron chi connectivity index (χ4n) is 6.36. The summed E-state index contributed by atoms with van der Waals surface area (Å²) in [7, 11) is 1.09. The number of hydrogen-bond donors (Lipinski definition) is 3. The van der Waals surface area contributed by atoms with Crippen molar-refractivity contribution < 1.29 is 59.6 Å². The van der Waals surface area contributed by atoms with Crippen LogP contribution >= 0.6 is 0 Å². The molecule has 9 rings (SSSR count). The Bertz CT molecular complexity index is 4340. The molecule has 3 saturated heterocycles. The lowest BCUT2D eigenvalue weighted by Crippen LogP contribution is -2.53. The molecule has 3 amide bonds. The number of carbonyl (C=O) groups excluding carboxylic acids is 3. The Balaban J connectivity index is 0.000000215. The van der Waals surface area contributed by atoms with Gasteiger partial charge < -0.3 is 58.9 Å². The highest BCUT2D eigenvalue weighted by Gasteiger charge is 2.36. The van der Waals surface area contributed by atoms with Gasteiger partial charge in [-0.25, -0.2) is 49.6 Å². The zero-order chi connectivity index (χ0) is 78.1. The number of piperidine rings is 3. The van der Waals surface area contributed by atoms with Crippen LogP contribution in [0.25, 0.3) is 47.6 Å². The Morgan fingerprint density at radius 1 is 0.623 bits per heavy atom. The summed E-state index contributed by atoms with van der Waals surface area (Å²) in [5.74, 6) is -14.8. The number of H-pyrrole nitrogens is 3. The van der Waals surface area contributed by atoms with Gasteiger partial charge in [0.05, 0.1) is 46.5 Å². The van der Waals surface area contributed by atoms with Crippen molar-refractivity contribution in [2.75, 3.05) is 94.3 Å². The lowest BCUT2D eigenvalue weighted by molar-refractivity contribution is -0.131. The molecule has 360 valence electrons. The number of amides is 3. The van der Waals surface area contributed by atoms with Crippen LogP contribution in [-0.4, -0.2) is 175 Å². The van der Waals surface area contributed by atoms with E-state index in [1.54, 1.807) is 0 Å². The topological polar surface area (TPSA) is 208 Å². The molecule has 6 aromatic rings. The molecule has 0 aliphatic carbocycles. The maximum absolute atomic E-state index is 12.7. The first-order chi connectivity index (χ1) is 46.0. The van der Waals surface area contributed by atoms with Crippen LogP contribution in [-0.2, 0) is 14.4 Å². The number of fused-ring (bicyclic) bond motifs is 3. The minimum atomic E-state index is -3.84. The van der Waals surface area contributed by atoms with Crippen molar-refractivity contribution in [2.45, 2.75) is 57.9 Å². The van der Waals surface area contributed by atoms with E-state index >= 15 is 0 Å². The maximum atomic E-state index is 12.7. The van der Waals surface area contributed by atoms with Gasteiger partial charge in [-0.2, -0.15) is 0 Å². The van der Waals surface area contributed by atoms with Crippen LogP contribution in [0, 0.1) is 37.4 Å². The molecule has 3 N–H and O–H groups in total. The Morgan fingerprint density at radius 3 is 1.30 bits per heavy atom. The number of likely N-dealkylation sites (tertiary alicyclic amines) is 3. The Kier molecular flexibility index (Phi) is 7.12. The smallest absolute Gasteiger partial charge is 0.302 e. The first-order valence-electron chi connectivity index (χ1n) is 36.3. The van der Waals surface area contributed by atoms with Crippen molar-refractivity contribution in [1.82, 2.24) is 59.6 Å². The average molecular weight is 970 g/mol. The summed E-state index contributed by atoms with van der Waals surface area (Å²) in [6, 6.07) is -6.09. The third-order valence-corrected chi connectivity index (χ3v) is 9.73. The van der Waals surface area contributed by atoms with E-state index in [0.29, 0.717) is 0 Å². The molecule has 3 aliphatic heterocycles. The molecule has 6 aromatic heterocycles. The predicted octanol–water partition coefficient (Wildman–Crippen LogP) is 4.65. The normalized spacial score (nSPS) is 39.7. The lowest BCUT2D eigenvalue weighted by atomic mass is 9.92. The number of carbonyl (C=O) groups is 3. The number of anilines is 3. The van der Waals surface area contributed by atoms with Crippen molar-refractivity contribution in [1.29, 1.82) is 0 Å². The number of nitrogens with one attached hydrogen (secondary N) is 3. The molecule has 0 radical (unpaired) electrons. The largest absolute Gasteiger partial charge is 0.354 e. The number of nitrogens with zero attached hydrogens (tertiary/aromatic N) is 15. The summed E-state index contributed by atoms with van der Waals surface area (Å²) in [6.45, 7) is -14.9. The lowest BCUT2D eigenvalue weighted by Gasteiger charge is -2.41. The Labute approximate surface area is 448 Å². The molecule has 69 heavy (non-hydrogen) atoms. The van der Waals surface area contributed by atoms with E-state index in [2.05, 4.69) is 59.4 Å². The summed E-state index contributed by atoms with van der Waals surface area (Å²) in [6.07, 6.45) is -1.57. The molecule has 0 unspecified atom stereocenters. The van der Waals surface area contributed by atoms with Gasteiger partial charge in [-0.3, -0.25) is 14.4 Å². The maximum Gasteiger partial charge on any atom is 0.302 e. The fourth-order valence-corrected chi connectivity index (χ4v) is 6.36. The van der Waals surface area contributed by atoms with E-state index in [0.717, 1.165) is 18.9 Å². The first kappa shape index (κ1) is 22.1. The van der Waals surface area contributed by atoms with Crippen molar-refractivity contribution in [3.63, 3.8) is 0 Å².